The van der Waals surface area contributed by atoms with Crippen LogP contribution < -0.4 is 5.73 Å². The number of rotatable bonds is 21. The number of nitrogens with zero attached hydrogens (tertiary/aromatic N) is 1. The predicted octanol–water partition coefficient (Wildman–Crippen LogP) is 7.40. The minimum Gasteiger partial charge on any atom is -0.468 e. The molecule has 33 heavy (non-hydrogen) atoms. The van der Waals surface area contributed by atoms with E-state index >= 15 is 0 Å². The lowest BCUT2D eigenvalue weighted by Gasteiger charge is -2.32. The molecule has 0 unspecified atom stereocenters. The highest BCUT2D eigenvalue weighted by atomic mass is 16.5. The number of primary amides is 1. The normalized spacial score (nSPS) is 11.2. The molecule has 5 nitrogen and oxygen atoms in total. The highest BCUT2D eigenvalue weighted by Gasteiger charge is 2.32. The molecule has 0 saturated heterocycles. The largest absolute Gasteiger partial charge is 0.468 e. The number of nitrogens with two attached hydrogens (primary N) is 1. The quantitative estimate of drug-likeness (QED) is 0.140. The van der Waals surface area contributed by atoms with Crippen molar-refractivity contribution < 1.29 is 14.3 Å². The van der Waals surface area contributed by atoms with Crippen molar-refractivity contribution in [3.05, 3.63) is 0 Å². The Bertz CT molecular complexity index is 452. The Balaban J connectivity index is 0. The number of hydrogen-bond donors (Lipinski definition) is 1. The fourth-order valence-electron chi connectivity index (χ4n) is 3.75. The molecular weight excluding hydrogens is 412 g/mol. The highest BCUT2D eigenvalue weighted by molar-refractivity contribution is 5.79. The summed E-state index contributed by atoms with van der Waals surface area (Å²) in [6, 6.07) is 0. The first-order valence-corrected chi connectivity index (χ1v) is 13.8. The fourth-order valence-corrected chi connectivity index (χ4v) is 3.75. The molecule has 0 spiro atoms. The molecule has 0 saturated carbocycles. The van der Waals surface area contributed by atoms with E-state index in [9.17, 15) is 9.59 Å². The molecule has 1 amide bonds. The number of ether oxygens (including phenoxy) is 1. The molecule has 0 bridgehead atoms. The average Bonchev–Trinajstić information content (AvgIpc) is 2.79. The topological polar surface area (TPSA) is 72.6 Å². The third kappa shape index (κ3) is 22.5. The zero-order chi connectivity index (χ0) is 25.4. The summed E-state index contributed by atoms with van der Waals surface area (Å²) in [6.45, 7) is 9.11. The molecule has 0 rings (SSSR count). The fraction of sp³-hybridized carbons (Fsp3) is 0.929. The average molecular weight is 471 g/mol. The molecule has 0 aliphatic carbocycles. The van der Waals surface area contributed by atoms with Crippen LogP contribution in [0.2, 0.25) is 0 Å². The maximum absolute atomic E-state index is 11.4. The Morgan fingerprint density at radius 1 is 0.697 bits per heavy atom. The summed E-state index contributed by atoms with van der Waals surface area (Å²) >= 11 is 0. The maximum atomic E-state index is 11.4. The summed E-state index contributed by atoms with van der Waals surface area (Å²) in [7, 11) is 3.38. The molecule has 5 heteroatoms. The van der Waals surface area contributed by atoms with Crippen molar-refractivity contribution in [2.45, 2.75) is 149 Å². The number of carbonyl (C=O) groups excluding carboxylic acids is 2. The number of esters is 1. The minimum absolute atomic E-state index is 0.153. The van der Waals surface area contributed by atoms with Crippen LogP contribution in [0.25, 0.3) is 0 Å². The number of likely N-dealkylation sites (N-methyl/N-ethyl adjacent to an activating group) is 1. The number of methoxy groups -OCH3 is 1. The first-order chi connectivity index (χ1) is 15.7. The molecule has 0 aromatic heterocycles. The Hall–Kier alpha value is -1.10. The molecule has 2 N–H and O–H groups in total. The monoisotopic (exact) mass is 470 g/mol. The van der Waals surface area contributed by atoms with Crippen LogP contribution in [0, 0.1) is 0 Å². The van der Waals surface area contributed by atoms with Gasteiger partial charge in [-0.2, -0.15) is 0 Å². The summed E-state index contributed by atoms with van der Waals surface area (Å²) < 4.78 is 4.74. The van der Waals surface area contributed by atoms with E-state index in [1.54, 1.807) is 0 Å². The van der Waals surface area contributed by atoms with Crippen LogP contribution >= 0.6 is 0 Å². The molecule has 0 aliphatic rings. The van der Waals surface area contributed by atoms with Crippen molar-refractivity contribution in [2.24, 2.45) is 5.73 Å². The Labute approximate surface area is 206 Å². The van der Waals surface area contributed by atoms with Crippen molar-refractivity contribution in [1.82, 2.24) is 4.90 Å². The third-order valence-corrected chi connectivity index (χ3v) is 6.51. The van der Waals surface area contributed by atoms with Crippen LogP contribution in [0.15, 0.2) is 0 Å². The van der Waals surface area contributed by atoms with Gasteiger partial charge in [0.15, 0.2) is 0 Å². The number of hydrogen-bond acceptors (Lipinski definition) is 4. The Morgan fingerprint density at radius 2 is 1.06 bits per heavy atom. The van der Waals surface area contributed by atoms with Gasteiger partial charge in [0.25, 0.3) is 0 Å². The van der Waals surface area contributed by atoms with Crippen LogP contribution in [0.4, 0.5) is 0 Å². The van der Waals surface area contributed by atoms with Crippen LogP contribution in [0.5, 0.6) is 0 Å². The van der Waals surface area contributed by atoms with Gasteiger partial charge < -0.3 is 10.5 Å². The van der Waals surface area contributed by atoms with E-state index in [-0.39, 0.29) is 11.9 Å². The van der Waals surface area contributed by atoms with Crippen molar-refractivity contribution in [3.63, 3.8) is 0 Å². The van der Waals surface area contributed by atoms with Crippen molar-refractivity contribution >= 4 is 11.9 Å². The molecule has 0 fully saturated rings. The Kier molecular flexibility index (Phi) is 24.8. The van der Waals surface area contributed by atoms with Gasteiger partial charge >= 0.3 is 5.97 Å². The lowest BCUT2D eigenvalue weighted by molar-refractivity contribution is -0.152. The smallest absolute Gasteiger partial charge is 0.325 e. The molecule has 0 heterocycles. The minimum atomic E-state index is -0.510. The van der Waals surface area contributed by atoms with Gasteiger partial charge in [0.2, 0.25) is 5.91 Å². The Morgan fingerprint density at radius 3 is 1.39 bits per heavy atom. The molecule has 0 atom stereocenters. The van der Waals surface area contributed by atoms with Crippen LogP contribution in [-0.2, 0) is 14.3 Å². The van der Waals surface area contributed by atoms with E-state index in [0.717, 1.165) is 25.8 Å². The summed E-state index contributed by atoms with van der Waals surface area (Å²) in [5.41, 5.74) is 4.60. The van der Waals surface area contributed by atoms with Gasteiger partial charge in [-0.15, -0.1) is 0 Å². The predicted molar refractivity (Wildman–Crippen MR) is 142 cm³/mol. The van der Waals surface area contributed by atoms with Gasteiger partial charge in [-0.1, -0.05) is 110 Å². The second-order valence-corrected chi connectivity index (χ2v) is 9.99. The van der Waals surface area contributed by atoms with E-state index in [1.165, 1.54) is 97.0 Å². The van der Waals surface area contributed by atoms with E-state index in [2.05, 4.69) is 13.8 Å². The van der Waals surface area contributed by atoms with Crippen LogP contribution in [0.3, 0.4) is 0 Å². The van der Waals surface area contributed by atoms with Crippen molar-refractivity contribution in [1.29, 1.82) is 0 Å². The zero-order valence-electron chi connectivity index (χ0n) is 23.2. The second-order valence-electron chi connectivity index (χ2n) is 9.99. The van der Waals surface area contributed by atoms with E-state index < -0.39 is 5.54 Å². The first kappa shape index (κ1) is 34.1. The molecular formula is C28H58N2O3. The summed E-state index contributed by atoms with van der Waals surface area (Å²) in [5, 5.41) is 0. The summed E-state index contributed by atoms with van der Waals surface area (Å²) in [5.74, 6) is -0.328. The van der Waals surface area contributed by atoms with Gasteiger partial charge in [-0.05, 0) is 40.3 Å². The molecule has 0 aromatic carbocycles. The van der Waals surface area contributed by atoms with Gasteiger partial charge in [0, 0.05) is 6.42 Å². The SMILES string of the molecule is CCCCCCCCCCCCCCCCCC(N)=O.CCCCN(C)C(C)(C)C(=O)OC. The highest BCUT2D eigenvalue weighted by Crippen LogP contribution is 2.15. The van der Waals surface area contributed by atoms with Crippen molar-refractivity contribution in [3.8, 4) is 0 Å². The van der Waals surface area contributed by atoms with E-state index in [1.807, 2.05) is 25.8 Å². The van der Waals surface area contributed by atoms with Crippen LogP contribution in [0.1, 0.15) is 143 Å². The molecule has 0 aliphatic heterocycles. The second kappa shape index (κ2) is 24.0. The van der Waals surface area contributed by atoms with Gasteiger partial charge in [-0.3, -0.25) is 14.5 Å². The van der Waals surface area contributed by atoms with Crippen LogP contribution in [-0.4, -0.2) is 43.0 Å². The molecule has 198 valence electrons. The maximum Gasteiger partial charge on any atom is 0.325 e. The van der Waals surface area contributed by atoms with Crippen molar-refractivity contribution in [2.75, 3.05) is 20.7 Å². The summed E-state index contributed by atoms with van der Waals surface area (Å²) in [4.78, 5) is 24.0. The van der Waals surface area contributed by atoms with E-state index in [4.69, 9.17) is 10.5 Å². The number of unbranched alkanes of at least 4 members (excludes halogenated alkanes) is 15. The van der Waals surface area contributed by atoms with Gasteiger partial charge in [0.05, 0.1) is 7.11 Å². The number of amides is 1. The lowest BCUT2D eigenvalue weighted by atomic mass is 10.0. The summed E-state index contributed by atoms with van der Waals surface area (Å²) in [6.07, 6.45) is 23.1. The number of carbonyl (C=O) groups is 2. The molecule has 0 aromatic rings. The van der Waals surface area contributed by atoms with Gasteiger partial charge in [-0.25, -0.2) is 0 Å². The van der Waals surface area contributed by atoms with E-state index in [0.29, 0.717) is 6.42 Å². The molecule has 0 radical (unpaired) electrons. The first-order valence-electron chi connectivity index (χ1n) is 13.8. The zero-order valence-corrected chi connectivity index (χ0v) is 23.2. The standard InChI is InChI=1S/C18H37NO.C10H21NO2/c1-2-3-4-5-6-7-8-9-10-11-12-13-14-15-16-17-18(19)20;1-6-7-8-11(4)10(2,3)9(12)13-5/h2-17H2,1H3,(H2,19,20);6-8H2,1-5H3. The van der Waals surface area contributed by atoms with Gasteiger partial charge in [0.1, 0.15) is 5.54 Å². The lowest BCUT2D eigenvalue weighted by Crippen LogP contribution is -2.48. The third-order valence-electron chi connectivity index (χ3n) is 6.51.